The first-order chi connectivity index (χ1) is 16.0. The van der Waals surface area contributed by atoms with Crippen LogP contribution >= 0.6 is 0 Å². The Hall–Kier alpha value is -2.71. The first-order valence-corrected chi connectivity index (χ1v) is 12.1. The minimum Gasteiger partial charge on any atom is -0.385 e. The fourth-order valence-electron chi connectivity index (χ4n) is 5.10. The molecule has 0 bridgehead atoms. The number of methoxy groups -OCH3 is 1. The van der Waals surface area contributed by atoms with Gasteiger partial charge < -0.3 is 14.6 Å². The summed E-state index contributed by atoms with van der Waals surface area (Å²) < 4.78 is 7.12. The van der Waals surface area contributed by atoms with Crippen molar-refractivity contribution < 1.29 is 9.53 Å². The summed E-state index contributed by atoms with van der Waals surface area (Å²) in [5.41, 5.74) is 3.08. The molecule has 0 radical (unpaired) electrons. The van der Waals surface area contributed by atoms with Crippen LogP contribution in [-0.2, 0) is 11.3 Å². The Kier molecular flexibility index (Phi) is 6.21. The van der Waals surface area contributed by atoms with Gasteiger partial charge in [-0.2, -0.15) is 5.10 Å². The van der Waals surface area contributed by atoms with E-state index in [1.807, 2.05) is 28.6 Å². The number of benzene rings is 1. The highest BCUT2D eigenvalue weighted by Crippen LogP contribution is 2.31. The SMILES string of the molecule is COCCCN1CCN(C(=O)c2cc3c(cc2C)[nH]c(=O)c2cnn(CC4CCC4)c23)CC1. The van der Waals surface area contributed by atoms with Gasteiger partial charge in [0.25, 0.3) is 11.5 Å². The number of amides is 1. The van der Waals surface area contributed by atoms with E-state index < -0.39 is 0 Å². The lowest BCUT2D eigenvalue weighted by molar-refractivity contribution is 0.0623. The van der Waals surface area contributed by atoms with Gasteiger partial charge in [-0.05, 0) is 49.8 Å². The minimum atomic E-state index is -0.125. The number of hydrogen-bond donors (Lipinski definition) is 1. The molecule has 1 aliphatic carbocycles. The lowest BCUT2D eigenvalue weighted by Gasteiger charge is -2.35. The molecule has 0 unspecified atom stereocenters. The molecule has 0 spiro atoms. The summed E-state index contributed by atoms with van der Waals surface area (Å²) in [7, 11) is 1.73. The number of nitrogens with zero attached hydrogens (tertiary/aromatic N) is 4. The predicted molar refractivity (Wildman–Crippen MR) is 129 cm³/mol. The molecule has 8 heteroatoms. The largest absolute Gasteiger partial charge is 0.385 e. The Labute approximate surface area is 193 Å². The van der Waals surface area contributed by atoms with Crippen LogP contribution < -0.4 is 5.56 Å². The van der Waals surface area contributed by atoms with Crippen molar-refractivity contribution in [3.05, 3.63) is 39.8 Å². The number of hydrogen-bond acceptors (Lipinski definition) is 5. The van der Waals surface area contributed by atoms with Crippen LogP contribution in [0.4, 0.5) is 0 Å². The third kappa shape index (κ3) is 4.29. The molecule has 1 saturated heterocycles. The molecule has 176 valence electrons. The number of aromatic amines is 1. The second kappa shape index (κ2) is 9.27. The van der Waals surface area contributed by atoms with Crippen LogP contribution in [0.2, 0.25) is 0 Å². The number of rotatable bonds is 7. The molecular weight excluding hydrogens is 418 g/mol. The van der Waals surface area contributed by atoms with Crippen LogP contribution in [0.25, 0.3) is 21.8 Å². The Bertz CT molecular complexity index is 1220. The summed E-state index contributed by atoms with van der Waals surface area (Å²) in [6, 6.07) is 3.90. The number of aromatic nitrogens is 3. The van der Waals surface area contributed by atoms with Gasteiger partial charge >= 0.3 is 0 Å². The average molecular weight is 452 g/mol. The van der Waals surface area contributed by atoms with E-state index in [4.69, 9.17) is 4.74 Å². The van der Waals surface area contributed by atoms with Gasteiger partial charge in [0.2, 0.25) is 0 Å². The number of pyridine rings is 1. The molecule has 1 N–H and O–H groups in total. The van der Waals surface area contributed by atoms with Crippen molar-refractivity contribution in [2.45, 2.75) is 39.2 Å². The third-order valence-electron chi connectivity index (χ3n) is 7.32. The van der Waals surface area contributed by atoms with Crippen LogP contribution in [0, 0.1) is 12.8 Å². The molecule has 2 fully saturated rings. The molecule has 33 heavy (non-hydrogen) atoms. The molecule has 1 aromatic carbocycles. The Morgan fingerprint density at radius 1 is 1.18 bits per heavy atom. The van der Waals surface area contributed by atoms with Crippen molar-refractivity contribution in [1.29, 1.82) is 0 Å². The van der Waals surface area contributed by atoms with Gasteiger partial charge in [0, 0.05) is 63.9 Å². The molecule has 8 nitrogen and oxygen atoms in total. The van der Waals surface area contributed by atoms with E-state index in [0.717, 1.165) is 74.3 Å². The van der Waals surface area contributed by atoms with E-state index in [2.05, 4.69) is 15.0 Å². The minimum absolute atomic E-state index is 0.0651. The van der Waals surface area contributed by atoms with Crippen LogP contribution in [0.3, 0.4) is 0 Å². The zero-order valence-corrected chi connectivity index (χ0v) is 19.6. The standard InChI is InChI=1S/C25H33N5O3/c1-17-13-22-20(23-21(24(31)27-22)15-26-30(23)16-18-5-3-6-18)14-19(17)25(32)29-10-8-28(9-11-29)7-4-12-33-2/h13-15,18H,3-12,16H2,1-2H3,(H,27,31). The fourth-order valence-corrected chi connectivity index (χ4v) is 5.10. The Morgan fingerprint density at radius 2 is 1.97 bits per heavy atom. The lowest BCUT2D eigenvalue weighted by atomic mass is 9.85. The van der Waals surface area contributed by atoms with Crippen LogP contribution in [0.5, 0.6) is 0 Å². The van der Waals surface area contributed by atoms with Crippen LogP contribution in [0.15, 0.2) is 23.1 Å². The third-order valence-corrected chi connectivity index (χ3v) is 7.32. The monoisotopic (exact) mass is 451 g/mol. The molecular formula is C25H33N5O3. The highest BCUT2D eigenvalue weighted by Gasteiger charge is 2.25. The van der Waals surface area contributed by atoms with Gasteiger partial charge in [0.15, 0.2) is 0 Å². The number of aryl methyl sites for hydroxylation is 1. The number of piperazine rings is 1. The summed E-state index contributed by atoms with van der Waals surface area (Å²) in [5.74, 6) is 0.685. The van der Waals surface area contributed by atoms with E-state index in [1.165, 1.54) is 19.3 Å². The number of ether oxygens (including phenoxy) is 1. The predicted octanol–water partition coefficient (Wildman–Crippen LogP) is 2.78. The van der Waals surface area contributed by atoms with E-state index in [-0.39, 0.29) is 11.5 Å². The molecule has 1 saturated carbocycles. The van der Waals surface area contributed by atoms with Crippen molar-refractivity contribution in [3.63, 3.8) is 0 Å². The van der Waals surface area contributed by atoms with Gasteiger partial charge in [-0.15, -0.1) is 0 Å². The fraction of sp³-hybridized carbons (Fsp3) is 0.560. The zero-order valence-electron chi connectivity index (χ0n) is 19.6. The van der Waals surface area contributed by atoms with Crippen molar-refractivity contribution in [1.82, 2.24) is 24.6 Å². The topological polar surface area (TPSA) is 83.5 Å². The Morgan fingerprint density at radius 3 is 2.67 bits per heavy atom. The number of fused-ring (bicyclic) bond motifs is 3. The van der Waals surface area contributed by atoms with Crippen molar-refractivity contribution in [2.24, 2.45) is 5.92 Å². The summed E-state index contributed by atoms with van der Waals surface area (Å²) in [5, 5.41) is 6.03. The molecule has 1 amide bonds. The smallest absolute Gasteiger partial charge is 0.259 e. The van der Waals surface area contributed by atoms with Crippen LogP contribution in [-0.4, -0.2) is 76.9 Å². The summed E-state index contributed by atoms with van der Waals surface area (Å²) >= 11 is 0. The molecule has 2 aliphatic rings. The molecule has 3 heterocycles. The highest BCUT2D eigenvalue weighted by atomic mass is 16.5. The molecule has 1 aliphatic heterocycles. The van der Waals surface area contributed by atoms with Gasteiger partial charge in [0.1, 0.15) is 0 Å². The van der Waals surface area contributed by atoms with E-state index >= 15 is 0 Å². The maximum absolute atomic E-state index is 13.5. The van der Waals surface area contributed by atoms with E-state index in [1.54, 1.807) is 13.3 Å². The maximum atomic E-state index is 13.5. The number of nitrogens with one attached hydrogen (secondary N) is 1. The molecule has 2 aromatic heterocycles. The summed E-state index contributed by atoms with van der Waals surface area (Å²) in [4.78, 5) is 33.5. The summed E-state index contributed by atoms with van der Waals surface area (Å²) in [6.07, 6.45) is 6.36. The second-order valence-electron chi connectivity index (χ2n) is 9.53. The normalized spacial score (nSPS) is 17.7. The molecule has 3 aromatic rings. The van der Waals surface area contributed by atoms with E-state index in [0.29, 0.717) is 16.9 Å². The average Bonchev–Trinajstić information content (AvgIpc) is 3.21. The number of carbonyl (C=O) groups is 1. The Balaban J connectivity index is 1.44. The van der Waals surface area contributed by atoms with Gasteiger partial charge in [-0.1, -0.05) is 6.42 Å². The molecule has 5 rings (SSSR count). The maximum Gasteiger partial charge on any atom is 0.259 e. The van der Waals surface area contributed by atoms with E-state index in [9.17, 15) is 9.59 Å². The first kappa shape index (κ1) is 22.1. The quantitative estimate of drug-likeness (QED) is 0.559. The van der Waals surface area contributed by atoms with Gasteiger partial charge in [-0.25, -0.2) is 0 Å². The summed E-state index contributed by atoms with van der Waals surface area (Å²) in [6.45, 7) is 7.76. The lowest BCUT2D eigenvalue weighted by Crippen LogP contribution is -2.49. The molecule has 0 atom stereocenters. The highest BCUT2D eigenvalue weighted by molar-refractivity contribution is 6.07. The van der Waals surface area contributed by atoms with Crippen molar-refractivity contribution in [3.8, 4) is 0 Å². The second-order valence-corrected chi connectivity index (χ2v) is 9.53. The zero-order chi connectivity index (χ0) is 22.9. The van der Waals surface area contributed by atoms with Crippen molar-refractivity contribution in [2.75, 3.05) is 46.4 Å². The number of H-pyrrole nitrogens is 1. The van der Waals surface area contributed by atoms with Crippen molar-refractivity contribution >= 4 is 27.7 Å². The van der Waals surface area contributed by atoms with Gasteiger partial charge in [-0.3, -0.25) is 19.2 Å². The number of carbonyl (C=O) groups excluding carboxylic acids is 1. The van der Waals surface area contributed by atoms with Gasteiger partial charge in [0.05, 0.1) is 22.6 Å². The van der Waals surface area contributed by atoms with Crippen LogP contribution in [0.1, 0.15) is 41.6 Å². The first-order valence-electron chi connectivity index (χ1n) is 12.1.